The first kappa shape index (κ1) is 6.54. The molecule has 4 heteroatoms. The van der Waals surface area contributed by atoms with Crippen molar-refractivity contribution in [2.45, 2.75) is 0 Å². The Morgan fingerprint density at radius 3 is 3.00 bits per heavy atom. The van der Waals surface area contributed by atoms with E-state index >= 15 is 0 Å². The van der Waals surface area contributed by atoms with Gasteiger partial charge in [-0.1, -0.05) is 0 Å². The molecule has 52 valence electrons. The molecule has 0 aliphatic heterocycles. The lowest BCUT2D eigenvalue weighted by atomic mass is 10.3. The molecule has 4 nitrogen and oxygen atoms in total. The van der Waals surface area contributed by atoms with Crippen LogP contribution in [-0.4, -0.2) is 12.0 Å². The van der Waals surface area contributed by atoms with Gasteiger partial charge in [-0.3, -0.25) is 4.79 Å². The van der Waals surface area contributed by atoms with Crippen LogP contribution in [0.15, 0.2) is 27.9 Å². The molecule has 0 spiro atoms. The topological polar surface area (TPSA) is 68.6 Å². The fourth-order valence-corrected chi connectivity index (χ4v) is 0.576. The molecule has 0 fully saturated rings. The van der Waals surface area contributed by atoms with E-state index in [2.05, 4.69) is 5.10 Å². The van der Waals surface area contributed by atoms with E-state index in [0.29, 0.717) is 12.0 Å². The van der Waals surface area contributed by atoms with Gasteiger partial charge in [0.15, 0.2) is 17.8 Å². The van der Waals surface area contributed by atoms with Gasteiger partial charge >= 0.3 is 0 Å². The Labute approximate surface area is 57.3 Å². The summed E-state index contributed by atoms with van der Waals surface area (Å²) in [5.74, 6) is 5.26. The molecule has 0 aromatic carbocycles. The van der Waals surface area contributed by atoms with E-state index in [1.807, 2.05) is 0 Å². The third-order valence-corrected chi connectivity index (χ3v) is 1.02. The number of carbonyl (C=O) groups excluding carboxylic acids is 1. The first-order chi connectivity index (χ1) is 4.88. The minimum absolute atomic E-state index is 0.116. The Kier molecular flexibility index (Phi) is 1.84. The summed E-state index contributed by atoms with van der Waals surface area (Å²) in [5, 5.41) is 3.20. The SMILES string of the molecule is N/N=C(/C=O)c1ccco1. The molecule has 0 saturated heterocycles. The van der Waals surface area contributed by atoms with E-state index in [0.717, 1.165) is 0 Å². The lowest BCUT2D eigenvalue weighted by Crippen LogP contribution is -2.03. The summed E-state index contributed by atoms with van der Waals surface area (Å²) in [6.45, 7) is 0. The van der Waals surface area contributed by atoms with E-state index in [1.54, 1.807) is 12.1 Å². The van der Waals surface area contributed by atoms with Crippen LogP contribution in [0.25, 0.3) is 0 Å². The summed E-state index contributed by atoms with van der Waals surface area (Å²) in [6.07, 6.45) is 1.99. The van der Waals surface area contributed by atoms with Crippen molar-refractivity contribution in [2.75, 3.05) is 0 Å². The fraction of sp³-hybridized carbons (Fsp3) is 0. The van der Waals surface area contributed by atoms with Crippen LogP contribution < -0.4 is 5.84 Å². The highest BCUT2D eigenvalue weighted by Crippen LogP contribution is 1.99. The van der Waals surface area contributed by atoms with E-state index in [9.17, 15) is 4.79 Å². The zero-order valence-electron chi connectivity index (χ0n) is 5.15. The van der Waals surface area contributed by atoms with Gasteiger partial charge in [-0.2, -0.15) is 5.10 Å². The molecular formula is C6H6N2O2. The minimum Gasteiger partial charge on any atom is -0.463 e. The maximum Gasteiger partial charge on any atom is 0.174 e. The smallest absolute Gasteiger partial charge is 0.174 e. The molecule has 1 rings (SSSR count). The minimum atomic E-state index is 0.116. The lowest BCUT2D eigenvalue weighted by molar-refractivity contribution is -0.102. The van der Waals surface area contributed by atoms with Crippen molar-refractivity contribution in [1.29, 1.82) is 0 Å². The summed E-state index contributed by atoms with van der Waals surface area (Å²) in [4.78, 5) is 10.2. The number of hydrazone groups is 1. The molecule has 1 aromatic rings. The predicted molar refractivity (Wildman–Crippen MR) is 35.5 cm³/mol. The summed E-state index contributed by atoms with van der Waals surface area (Å²) < 4.78 is 4.84. The Morgan fingerprint density at radius 1 is 1.80 bits per heavy atom. The normalized spacial score (nSPS) is 11.4. The summed E-state index contributed by atoms with van der Waals surface area (Å²) >= 11 is 0. The quantitative estimate of drug-likeness (QED) is 0.273. The first-order valence-electron chi connectivity index (χ1n) is 2.65. The second-order valence-corrected chi connectivity index (χ2v) is 1.61. The van der Waals surface area contributed by atoms with Crippen LogP contribution >= 0.6 is 0 Å². The maximum absolute atomic E-state index is 10.2. The molecule has 0 aliphatic rings. The monoisotopic (exact) mass is 138 g/mol. The van der Waals surface area contributed by atoms with Crippen molar-refractivity contribution in [3.05, 3.63) is 24.2 Å². The third kappa shape index (κ3) is 1.05. The molecule has 0 bridgehead atoms. The van der Waals surface area contributed by atoms with Gasteiger partial charge in [-0.05, 0) is 12.1 Å². The van der Waals surface area contributed by atoms with Crippen molar-refractivity contribution in [3.8, 4) is 0 Å². The van der Waals surface area contributed by atoms with Crippen LogP contribution in [0.2, 0.25) is 0 Å². The number of rotatable bonds is 2. The Bertz CT molecular complexity index is 238. The van der Waals surface area contributed by atoms with Crippen LogP contribution in [0, 0.1) is 0 Å². The number of hydrogen-bond acceptors (Lipinski definition) is 4. The van der Waals surface area contributed by atoms with Crippen molar-refractivity contribution in [1.82, 2.24) is 0 Å². The Hall–Kier alpha value is -1.58. The van der Waals surface area contributed by atoms with Gasteiger partial charge in [0.05, 0.1) is 6.26 Å². The average molecular weight is 138 g/mol. The highest BCUT2D eigenvalue weighted by molar-refractivity contribution is 6.35. The molecule has 0 saturated carbocycles. The van der Waals surface area contributed by atoms with E-state index < -0.39 is 0 Å². The van der Waals surface area contributed by atoms with Crippen molar-refractivity contribution in [2.24, 2.45) is 10.9 Å². The molecule has 1 heterocycles. The number of hydrogen-bond donors (Lipinski definition) is 1. The van der Waals surface area contributed by atoms with Crippen LogP contribution in [0.3, 0.4) is 0 Å². The average Bonchev–Trinajstić information content (AvgIpc) is 2.43. The fourth-order valence-electron chi connectivity index (χ4n) is 0.576. The summed E-state index contributed by atoms with van der Waals surface area (Å²) in [5.41, 5.74) is 0.116. The Balaban J connectivity index is 2.95. The van der Waals surface area contributed by atoms with Crippen LogP contribution in [0.1, 0.15) is 5.76 Å². The number of nitrogens with zero attached hydrogens (tertiary/aromatic N) is 1. The van der Waals surface area contributed by atoms with Crippen molar-refractivity contribution in [3.63, 3.8) is 0 Å². The lowest BCUT2D eigenvalue weighted by Gasteiger charge is -1.87. The molecule has 1 aromatic heterocycles. The molecule has 2 N–H and O–H groups in total. The van der Waals surface area contributed by atoms with Gasteiger partial charge in [-0.15, -0.1) is 0 Å². The Morgan fingerprint density at radius 2 is 2.60 bits per heavy atom. The number of carbonyl (C=O) groups is 1. The number of furan rings is 1. The predicted octanol–water partition coefficient (Wildman–Crippen LogP) is 0.141. The summed E-state index contributed by atoms with van der Waals surface area (Å²) in [7, 11) is 0. The molecule has 0 aliphatic carbocycles. The largest absolute Gasteiger partial charge is 0.463 e. The van der Waals surface area contributed by atoms with Gasteiger partial charge in [-0.25, -0.2) is 0 Å². The van der Waals surface area contributed by atoms with Crippen molar-refractivity contribution >= 4 is 12.0 Å². The van der Waals surface area contributed by atoms with E-state index in [-0.39, 0.29) is 5.71 Å². The van der Waals surface area contributed by atoms with Crippen LogP contribution in [-0.2, 0) is 4.79 Å². The first-order valence-corrected chi connectivity index (χ1v) is 2.65. The van der Waals surface area contributed by atoms with Gasteiger partial charge in [0.25, 0.3) is 0 Å². The molecular weight excluding hydrogens is 132 g/mol. The molecule has 0 radical (unpaired) electrons. The molecule has 0 atom stereocenters. The molecule has 0 amide bonds. The van der Waals surface area contributed by atoms with Gasteiger partial charge in [0.2, 0.25) is 0 Å². The third-order valence-electron chi connectivity index (χ3n) is 1.02. The maximum atomic E-state index is 10.2. The molecule has 10 heavy (non-hydrogen) atoms. The van der Waals surface area contributed by atoms with Crippen molar-refractivity contribution < 1.29 is 9.21 Å². The second-order valence-electron chi connectivity index (χ2n) is 1.61. The number of nitrogens with two attached hydrogens (primary N) is 1. The van der Waals surface area contributed by atoms with Crippen LogP contribution in [0.4, 0.5) is 0 Å². The van der Waals surface area contributed by atoms with E-state index in [4.69, 9.17) is 10.3 Å². The summed E-state index contributed by atoms with van der Waals surface area (Å²) in [6, 6.07) is 3.27. The second kappa shape index (κ2) is 2.82. The van der Waals surface area contributed by atoms with Gasteiger partial charge in [0.1, 0.15) is 0 Å². The highest BCUT2D eigenvalue weighted by atomic mass is 16.3. The van der Waals surface area contributed by atoms with Crippen LogP contribution in [0.5, 0.6) is 0 Å². The zero-order chi connectivity index (χ0) is 7.40. The van der Waals surface area contributed by atoms with E-state index in [1.165, 1.54) is 6.26 Å². The highest BCUT2D eigenvalue weighted by Gasteiger charge is 2.02. The van der Waals surface area contributed by atoms with Gasteiger partial charge < -0.3 is 10.3 Å². The standard InChI is InChI=1S/C6H6N2O2/c7-8-5(4-9)6-2-1-3-10-6/h1-4H,7H2/b8-5-. The number of aldehydes is 1. The van der Waals surface area contributed by atoms with Gasteiger partial charge in [0, 0.05) is 0 Å². The molecule has 0 unspecified atom stereocenters. The zero-order valence-corrected chi connectivity index (χ0v) is 5.15.